The van der Waals surface area contributed by atoms with Crippen LogP contribution in [-0.4, -0.2) is 0 Å². The summed E-state index contributed by atoms with van der Waals surface area (Å²) in [6.45, 7) is 4.81. The Balaban J connectivity index is 0.000000980. The molecule has 26 heavy (non-hydrogen) atoms. The molecule has 1 fully saturated rings. The molecule has 2 aromatic carbocycles. The summed E-state index contributed by atoms with van der Waals surface area (Å²) >= 11 is -2.53. The van der Waals surface area contributed by atoms with Crippen LogP contribution in [0.15, 0.2) is 59.7 Å². The molecule has 0 amide bonds. The number of allylic oxidation sites excluding steroid dienone is 2. The monoisotopic (exact) mass is 552 g/mol. The first-order valence-electron chi connectivity index (χ1n) is 9.25. The Morgan fingerprint density at radius 3 is 1.50 bits per heavy atom. The van der Waals surface area contributed by atoms with Crippen molar-refractivity contribution in [2.24, 2.45) is 0 Å². The van der Waals surface area contributed by atoms with Crippen LogP contribution in [0.2, 0.25) is 8.35 Å². The molecule has 1 saturated heterocycles. The minimum absolute atomic E-state index is 0. The van der Waals surface area contributed by atoms with Crippen LogP contribution >= 0.6 is 24.8 Å². The molecule has 3 aliphatic rings. The van der Waals surface area contributed by atoms with Crippen molar-refractivity contribution in [3.8, 4) is 0 Å². The third-order valence-electron chi connectivity index (χ3n) is 6.73. The van der Waals surface area contributed by atoms with Crippen molar-refractivity contribution in [2.75, 3.05) is 0 Å². The maximum absolute atomic E-state index is 2.53. The SMILES string of the molecule is CC1=Cc2ccccc2[CH]1[Hf]1([CH]2C(C)=Cc3ccccc32)[CH2]C[CH2]1.Cl.Cl. The van der Waals surface area contributed by atoms with E-state index in [0.717, 1.165) is 7.35 Å². The van der Waals surface area contributed by atoms with Crippen LogP contribution in [0.4, 0.5) is 0 Å². The van der Waals surface area contributed by atoms with Gasteiger partial charge in [-0.2, -0.15) is 0 Å². The van der Waals surface area contributed by atoms with Gasteiger partial charge in [-0.05, 0) is 0 Å². The molecule has 2 aromatic rings. The fraction of sp³-hybridized carbons (Fsp3) is 0.304. The number of hydrogen-bond acceptors (Lipinski definition) is 0. The Labute approximate surface area is 173 Å². The first-order chi connectivity index (χ1) is 11.7. The van der Waals surface area contributed by atoms with E-state index in [0.29, 0.717) is 0 Å². The zero-order valence-corrected chi connectivity index (χ0v) is 20.6. The standard InChI is InChI=1S/2C10H9.C3H6.2ClH.Hf/c2*1-8-6-9-4-2-3-5-10(9)7-8;1-3-2;;;/h2*2-7H,1H3;1-3H2;2*1H;. The Morgan fingerprint density at radius 2 is 1.12 bits per heavy atom. The van der Waals surface area contributed by atoms with Crippen molar-refractivity contribution < 1.29 is 20.0 Å². The molecule has 0 aromatic heterocycles. The molecule has 136 valence electrons. The summed E-state index contributed by atoms with van der Waals surface area (Å²) in [7, 11) is 0. The van der Waals surface area contributed by atoms with E-state index in [1.807, 2.05) is 0 Å². The first kappa shape index (κ1) is 20.1. The summed E-state index contributed by atoms with van der Waals surface area (Å²) in [6, 6.07) is 18.4. The van der Waals surface area contributed by atoms with Gasteiger partial charge >= 0.3 is 150 Å². The molecule has 1 heterocycles. The van der Waals surface area contributed by atoms with Gasteiger partial charge in [-0.3, -0.25) is 0 Å². The Morgan fingerprint density at radius 1 is 0.692 bits per heavy atom. The maximum Gasteiger partial charge on any atom is -0.147 e. The van der Waals surface area contributed by atoms with E-state index in [1.54, 1.807) is 30.6 Å². The van der Waals surface area contributed by atoms with Gasteiger partial charge in [0, 0.05) is 0 Å². The van der Waals surface area contributed by atoms with Gasteiger partial charge < -0.3 is 0 Å². The number of hydrogen-bond donors (Lipinski definition) is 0. The quantitative estimate of drug-likeness (QED) is 0.338. The second-order valence-corrected chi connectivity index (χ2v) is 24.6. The van der Waals surface area contributed by atoms with Gasteiger partial charge in [-0.25, -0.2) is 0 Å². The average molecular weight is 552 g/mol. The van der Waals surface area contributed by atoms with Gasteiger partial charge in [0.05, 0.1) is 0 Å². The van der Waals surface area contributed by atoms with Crippen molar-refractivity contribution in [3.63, 3.8) is 0 Å². The summed E-state index contributed by atoms with van der Waals surface area (Å²) in [5, 5.41) is 0. The van der Waals surface area contributed by atoms with Crippen LogP contribution in [0, 0.1) is 0 Å². The minimum Gasteiger partial charge on any atom is -0.147 e. The summed E-state index contributed by atoms with van der Waals surface area (Å²) in [6.07, 6.45) is 6.44. The Bertz CT molecular complexity index is 823. The molecule has 0 radical (unpaired) electrons. The van der Waals surface area contributed by atoms with Crippen LogP contribution in [-0.2, 0) is 20.0 Å². The van der Waals surface area contributed by atoms with E-state index in [9.17, 15) is 0 Å². The molecule has 2 aliphatic carbocycles. The molecule has 2 atom stereocenters. The van der Waals surface area contributed by atoms with Crippen molar-refractivity contribution in [3.05, 3.63) is 81.9 Å². The predicted molar refractivity (Wildman–Crippen MR) is 114 cm³/mol. The molecule has 0 nitrogen and oxygen atoms in total. The second-order valence-electron chi connectivity index (χ2n) is 7.99. The number of rotatable bonds is 2. The molecular formula is C23H26Cl2Hf. The molecule has 5 rings (SSSR count). The summed E-state index contributed by atoms with van der Waals surface area (Å²) in [5.41, 5.74) is 9.64. The van der Waals surface area contributed by atoms with E-state index >= 15 is 0 Å². The van der Waals surface area contributed by atoms with Gasteiger partial charge in [-0.15, -0.1) is 24.8 Å². The fourth-order valence-electron chi connectivity index (χ4n) is 5.81. The van der Waals surface area contributed by atoms with Crippen molar-refractivity contribution >= 4 is 37.0 Å². The van der Waals surface area contributed by atoms with Gasteiger partial charge in [0.1, 0.15) is 0 Å². The normalized spacial score (nSPS) is 24.2. The smallest absolute Gasteiger partial charge is 0.147 e. The summed E-state index contributed by atoms with van der Waals surface area (Å²) in [4.78, 5) is 0. The topological polar surface area (TPSA) is 0 Å². The van der Waals surface area contributed by atoms with Gasteiger partial charge in [0.2, 0.25) is 0 Å². The molecule has 1 aliphatic heterocycles. The van der Waals surface area contributed by atoms with E-state index < -0.39 is 20.0 Å². The molecule has 0 spiro atoms. The fourth-order valence-corrected chi connectivity index (χ4v) is 28.8. The zero-order valence-electron chi connectivity index (χ0n) is 15.4. The van der Waals surface area contributed by atoms with Crippen LogP contribution < -0.4 is 0 Å². The third kappa shape index (κ3) is 2.74. The van der Waals surface area contributed by atoms with Crippen LogP contribution in [0.3, 0.4) is 0 Å². The Hall–Kier alpha value is -0.630. The molecule has 0 bridgehead atoms. The largest absolute Gasteiger partial charge is 0.147 e. The van der Waals surface area contributed by atoms with Crippen molar-refractivity contribution in [2.45, 2.75) is 36.0 Å². The molecule has 2 unspecified atom stereocenters. The number of benzene rings is 2. The molecular weight excluding hydrogens is 526 g/mol. The summed E-state index contributed by atoms with van der Waals surface area (Å²) < 4.78 is 4.76. The van der Waals surface area contributed by atoms with Crippen LogP contribution in [0.25, 0.3) is 12.2 Å². The minimum atomic E-state index is -2.53. The number of halogens is 2. The van der Waals surface area contributed by atoms with E-state index in [1.165, 1.54) is 17.5 Å². The van der Waals surface area contributed by atoms with E-state index in [2.05, 4.69) is 74.5 Å². The van der Waals surface area contributed by atoms with Gasteiger partial charge in [-0.1, -0.05) is 0 Å². The van der Waals surface area contributed by atoms with Gasteiger partial charge in [0.25, 0.3) is 0 Å². The van der Waals surface area contributed by atoms with Gasteiger partial charge in [0.15, 0.2) is 0 Å². The van der Waals surface area contributed by atoms with E-state index in [-0.39, 0.29) is 24.8 Å². The summed E-state index contributed by atoms with van der Waals surface area (Å²) in [5.74, 6) is 0. The van der Waals surface area contributed by atoms with E-state index in [4.69, 9.17) is 0 Å². The second kappa shape index (κ2) is 7.41. The third-order valence-corrected chi connectivity index (χ3v) is 29.7. The molecule has 0 saturated carbocycles. The average Bonchev–Trinajstić information content (AvgIpc) is 3.05. The van der Waals surface area contributed by atoms with Crippen molar-refractivity contribution in [1.29, 1.82) is 0 Å². The Kier molecular flexibility index (Phi) is 5.74. The van der Waals surface area contributed by atoms with Crippen molar-refractivity contribution in [1.82, 2.24) is 0 Å². The molecule has 3 heteroatoms. The van der Waals surface area contributed by atoms with Crippen LogP contribution in [0.5, 0.6) is 0 Å². The predicted octanol–water partition coefficient (Wildman–Crippen LogP) is 7.54. The van der Waals surface area contributed by atoms with Crippen LogP contribution in [0.1, 0.15) is 49.9 Å². The zero-order chi connectivity index (χ0) is 16.3. The first-order valence-corrected chi connectivity index (χ1v) is 18.5. The maximum atomic E-state index is 2.49. The molecule has 0 N–H and O–H groups in total. The number of fused-ring (bicyclic) bond motifs is 2.